The van der Waals surface area contributed by atoms with E-state index in [-0.39, 0.29) is 11.7 Å². The van der Waals surface area contributed by atoms with Crippen LogP contribution in [-0.2, 0) is 0 Å². The largest absolute Gasteiger partial charge is 0.490 e. The van der Waals surface area contributed by atoms with Crippen LogP contribution in [0.2, 0.25) is 0 Å². The number of ether oxygens (including phenoxy) is 1. The van der Waals surface area contributed by atoms with Gasteiger partial charge in [-0.25, -0.2) is 4.39 Å². The SMILES string of the molecule is C=CCCOc1ccc(C2CCC3CC(CCC4CCC(CCCC)CC4)CCC3C2)c(F)c1F. The molecule has 0 N–H and O–H groups in total. The fourth-order valence-corrected chi connectivity index (χ4v) is 7.53. The third kappa shape index (κ3) is 7.10. The van der Waals surface area contributed by atoms with E-state index in [0.29, 0.717) is 24.5 Å². The van der Waals surface area contributed by atoms with Crippen LogP contribution >= 0.6 is 0 Å². The van der Waals surface area contributed by atoms with E-state index in [2.05, 4.69) is 13.5 Å². The van der Waals surface area contributed by atoms with Crippen LogP contribution in [0.15, 0.2) is 24.8 Å². The second kappa shape index (κ2) is 13.2. The Kier molecular flexibility index (Phi) is 10.1. The summed E-state index contributed by atoms with van der Waals surface area (Å²) in [6.45, 7) is 6.28. The van der Waals surface area contributed by atoms with Crippen molar-refractivity contribution >= 4 is 0 Å². The lowest BCUT2D eigenvalue weighted by atomic mass is 9.63. The van der Waals surface area contributed by atoms with Crippen molar-refractivity contribution in [2.24, 2.45) is 29.6 Å². The minimum Gasteiger partial charge on any atom is -0.490 e. The van der Waals surface area contributed by atoms with Gasteiger partial charge in [0.1, 0.15) is 0 Å². The van der Waals surface area contributed by atoms with Gasteiger partial charge >= 0.3 is 0 Å². The van der Waals surface area contributed by atoms with Crippen LogP contribution in [0.5, 0.6) is 5.75 Å². The number of hydrogen-bond donors (Lipinski definition) is 0. The summed E-state index contributed by atoms with van der Waals surface area (Å²) in [5, 5.41) is 0. The molecule has 0 radical (unpaired) electrons. The number of unbranched alkanes of at least 4 members (excludes halogenated alkanes) is 1. The second-order valence-electron chi connectivity index (χ2n) is 12.0. The molecule has 1 aromatic rings. The monoisotopic (exact) mass is 486 g/mol. The molecular formula is C32H48F2O. The lowest BCUT2D eigenvalue weighted by Gasteiger charge is -2.43. The highest BCUT2D eigenvalue weighted by Crippen LogP contribution is 2.49. The van der Waals surface area contributed by atoms with Crippen molar-refractivity contribution in [2.45, 2.75) is 116 Å². The molecule has 0 bridgehead atoms. The first-order chi connectivity index (χ1) is 17.1. The second-order valence-corrected chi connectivity index (χ2v) is 12.0. The van der Waals surface area contributed by atoms with Gasteiger partial charge in [0.2, 0.25) is 5.82 Å². The summed E-state index contributed by atoms with van der Waals surface area (Å²) < 4.78 is 34.9. The normalized spacial score (nSPS) is 31.1. The van der Waals surface area contributed by atoms with Crippen LogP contribution in [0.1, 0.15) is 121 Å². The molecule has 0 aliphatic heterocycles. The van der Waals surface area contributed by atoms with E-state index in [1.165, 1.54) is 83.5 Å². The van der Waals surface area contributed by atoms with E-state index in [1.807, 2.05) is 0 Å². The molecular weight excluding hydrogens is 438 g/mol. The molecule has 3 saturated carbocycles. The van der Waals surface area contributed by atoms with Crippen LogP contribution in [0.4, 0.5) is 8.78 Å². The lowest BCUT2D eigenvalue weighted by Crippen LogP contribution is -2.31. The highest BCUT2D eigenvalue weighted by atomic mass is 19.2. The summed E-state index contributed by atoms with van der Waals surface area (Å²) in [6.07, 6.45) is 22.5. The summed E-state index contributed by atoms with van der Waals surface area (Å²) in [7, 11) is 0. The molecule has 0 saturated heterocycles. The van der Waals surface area contributed by atoms with E-state index in [0.717, 1.165) is 36.5 Å². The minimum atomic E-state index is -0.822. The van der Waals surface area contributed by atoms with Gasteiger partial charge in [-0.2, -0.15) is 4.39 Å². The van der Waals surface area contributed by atoms with Crippen molar-refractivity contribution < 1.29 is 13.5 Å². The molecule has 0 amide bonds. The van der Waals surface area contributed by atoms with Gasteiger partial charge in [0.05, 0.1) is 6.61 Å². The fraction of sp³-hybridized carbons (Fsp3) is 0.750. The minimum absolute atomic E-state index is 0.0248. The van der Waals surface area contributed by atoms with Crippen molar-refractivity contribution in [3.8, 4) is 5.75 Å². The Morgan fingerprint density at radius 3 is 2.23 bits per heavy atom. The molecule has 4 unspecified atom stereocenters. The van der Waals surface area contributed by atoms with Gasteiger partial charge in [0, 0.05) is 0 Å². The van der Waals surface area contributed by atoms with Crippen LogP contribution < -0.4 is 4.74 Å². The number of halogens is 2. The zero-order chi connectivity index (χ0) is 24.6. The van der Waals surface area contributed by atoms with Crippen molar-refractivity contribution in [1.29, 1.82) is 0 Å². The predicted octanol–water partition coefficient (Wildman–Crippen LogP) is 10.00. The maximum absolute atomic E-state index is 14.9. The third-order valence-corrected chi connectivity index (χ3v) is 9.73. The van der Waals surface area contributed by atoms with Gasteiger partial charge in [0.15, 0.2) is 11.6 Å². The quantitative estimate of drug-likeness (QED) is 0.223. The Labute approximate surface area is 213 Å². The van der Waals surface area contributed by atoms with Gasteiger partial charge in [0.25, 0.3) is 0 Å². The van der Waals surface area contributed by atoms with Crippen LogP contribution in [-0.4, -0.2) is 6.61 Å². The number of hydrogen-bond acceptors (Lipinski definition) is 1. The van der Waals surface area contributed by atoms with E-state index in [1.54, 1.807) is 18.2 Å². The number of benzene rings is 1. The number of fused-ring (bicyclic) bond motifs is 1. The molecule has 3 fully saturated rings. The summed E-state index contributed by atoms with van der Waals surface area (Å²) in [4.78, 5) is 0. The zero-order valence-corrected chi connectivity index (χ0v) is 22.1. The molecule has 35 heavy (non-hydrogen) atoms. The summed E-state index contributed by atoms with van der Waals surface area (Å²) >= 11 is 0. The first-order valence-corrected chi connectivity index (χ1v) is 14.8. The Morgan fingerprint density at radius 2 is 1.49 bits per heavy atom. The van der Waals surface area contributed by atoms with Crippen molar-refractivity contribution in [1.82, 2.24) is 0 Å². The van der Waals surface area contributed by atoms with Gasteiger partial charge in [-0.15, -0.1) is 6.58 Å². The Hall–Kier alpha value is -1.38. The van der Waals surface area contributed by atoms with Crippen LogP contribution in [0, 0.1) is 41.2 Å². The maximum atomic E-state index is 14.9. The van der Waals surface area contributed by atoms with Crippen LogP contribution in [0.3, 0.4) is 0 Å². The Morgan fingerprint density at radius 1 is 0.829 bits per heavy atom. The third-order valence-electron chi connectivity index (χ3n) is 9.73. The number of rotatable bonds is 11. The molecule has 1 nitrogen and oxygen atoms in total. The summed E-state index contributed by atoms with van der Waals surface area (Å²) in [5.74, 6) is 3.02. The van der Waals surface area contributed by atoms with E-state index >= 15 is 0 Å². The Balaban J connectivity index is 1.22. The Bertz CT molecular complexity index is 797. The molecule has 4 atom stereocenters. The van der Waals surface area contributed by atoms with Crippen LogP contribution in [0.25, 0.3) is 0 Å². The van der Waals surface area contributed by atoms with Gasteiger partial charge in [-0.05, 0) is 85.7 Å². The molecule has 3 aliphatic rings. The molecule has 1 aromatic carbocycles. The van der Waals surface area contributed by atoms with Gasteiger partial charge < -0.3 is 4.74 Å². The predicted molar refractivity (Wildman–Crippen MR) is 142 cm³/mol. The van der Waals surface area contributed by atoms with E-state index < -0.39 is 11.6 Å². The van der Waals surface area contributed by atoms with Crippen molar-refractivity contribution in [3.05, 3.63) is 42.0 Å². The first-order valence-electron chi connectivity index (χ1n) is 14.8. The molecule has 0 heterocycles. The van der Waals surface area contributed by atoms with E-state index in [9.17, 15) is 8.78 Å². The van der Waals surface area contributed by atoms with E-state index in [4.69, 9.17) is 4.74 Å². The average molecular weight is 487 g/mol. The van der Waals surface area contributed by atoms with Gasteiger partial charge in [-0.1, -0.05) is 83.3 Å². The topological polar surface area (TPSA) is 9.23 Å². The zero-order valence-electron chi connectivity index (χ0n) is 22.1. The fourth-order valence-electron chi connectivity index (χ4n) is 7.53. The molecule has 4 rings (SSSR count). The molecule has 196 valence electrons. The van der Waals surface area contributed by atoms with Crippen molar-refractivity contribution in [3.63, 3.8) is 0 Å². The highest BCUT2D eigenvalue weighted by molar-refractivity contribution is 5.33. The molecule has 3 aliphatic carbocycles. The van der Waals surface area contributed by atoms with Crippen molar-refractivity contribution in [2.75, 3.05) is 6.61 Å². The van der Waals surface area contributed by atoms with Gasteiger partial charge in [-0.3, -0.25) is 0 Å². The molecule has 0 spiro atoms. The maximum Gasteiger partial charge on any atom is 0.200 e. The molecule has 3 heteroatoms. The summed E-state index contributed by atoms with van der Waals surface area (Å²) in [6, 6.07) is 3.40. The summed E-state index contributed by atoms with van der Waals surface area (Å²) in [5.41, 5.74) is 0.564. The highest BCUT2D eigenvalue weighted by Gasteiger charge is 2.37. The lowest BCUT2D eigenvalue weighted by molar-refractivity contribution is 0.107. The average Bonchev–Trinajstić information content (AvgIpc) is 2.89. The first kappa shape index (κ1) is 26.7. The molecule has 0 aromatic heterocycles. The standard InChI is InChI=1S/C32H48F2O/c1-3-5-7-23-8-10-24(11-9-23)12-13-25-14-15-27-22-28(17-16-26(27)21-25)29-18-19-30(32(34)31(29)33)35-20-6-4-2/h4,18-19,23-28H,2-3,5-17,20-22H2,1H3. The smallest absolute Gasteiger partial charge is 0.200 e.